The van der Waals surface area contributed by atoms with Crippen LogP contribution < -0.4 is 15.4 Å². The van der Waals surface area contributed by atoms with Crippen molar-refractivity contribution in [3.05, 3.63) is 46.5 Å². The minimum atomic E-state index is -1.82. The number of carbonyl (C=O) groups is 4. The zero-order valence-corrected chi connectivity index (χ0v) is 31.5. The number of methoxy groups -OCH3 is 2. The van der Waals surface area contributed by atoms with Crippen molar-refractivity contribution in [1.82, 2.24) is 10.2 Å². The van der Waals surface area contributed by atoms with Gasteiger partial charge in [-0.1, -0.05) is 56.2 Å². The van der Waals surface area contributed by atoms with Gasteiger partial charge in [-0.25, -0.2) is 9.59 Å². The van der Waals surface area contributed by atoms with Crippen molar-refractivity contribution in [3.8, 4) is 5.75 Å². The van der Waals surface area contributed by atoms with Crippen LogP contribution in [0.1, 0.15) is 66.4 Å². The van der Waals surface area contributed by atoms with Crippen molar-refractivity contribution >= 4 is 41.2 Å². The number of benzene rings is 1. The first-order valence-corrected chi connectivity index (χ1v) is 17.6. The summed E-state index contributed by atoms with van der Waals surface area (Å²) in [6, 6.07) is 2.57. The molecule has 2 saturated heterocycles. The van der Waals surface area contributed by atoms with Gasteiger partial charge in [0.15, 0.2) is 5.72 Å². The lowest BCUT2D eigenvalue weighted by molar-refractivity contribution is -0.163. The van der Waals surface area contributed by atoms with E-state index in [1.807, 2.05) is 26.8 Å². The van der Waals surface area contributed by atoms with E-state index < -0.39 is 71.1 Å². The largest absolute Gasteiger partial charge is 0.495 e. The van der Waals surface area contributed by atoms with E-state index in [1.165, 1.54) is 19.1 Å². The Morgan fingerprint density at radius 1 is 1.16 bits per heavy atom. The molecule has 0 radical (unpaired) electrons. The van der Waals surface area contributed by atoms with Crippen LogP contribution in [0.25, 0.3) is 0 Å². The Labute approximate surface area is 304 Å². The highest BCUT2D eigenvalue weighted by Gasteiger charge is 2.64. The molecule has 3 fully saturated rings. The number of nitrogens with one attached hydrogen (secondary N) is 2. The van der Waals surface area contributed by atoms with E-state index in [0.717, 1.165) is 17.6 Å². The Morgan fingerprint density at radius 3 is 2.47 bits per heavy atom. The van der Waals surface area contributed by atoms with Gasteiger partial charge in [-0.05, 0) is 57.2 Å². The third kappa shape index (κ3) is 7.77. The molecule has 1 aliphatic carbocycles. The quantitative estimate of drug-likeness (QED) is 0.280. The first-order chi connectivity index (χ1) is 23.9. The van der Waals surface area contributed by atoms with Gasteiger partial charge in [0.05, 0.1) is 25.3 Å². The molecule has 3 heterocycles. The second-order valence-electron chi connectivity index (χ2n) is 15.0. The highest BCUT2D eigenvalue weighted by Crippen LogP contribution is 2.53. The highest BCUT2D eigenvalue weighted by atomic mass is 35.5. The number of likely N-dealkylation sites (N-methyl/N-ethyl adjacent to an activating group) is 1. The van der Waals surface area contributed by atoms with Crippen LogP contribution in [-0.4, -0.2) is 96.9 Å². The second-order valence-corrected chi connectivity index (χ2v) is 15.3. The normalized spacial score (nSPS) is 35.5. The van der Waals surface area contributed by atoms with Gasteiger partial charge in [0.25, 0.3) is 0 Å². The fourth-order valence-electron chi connectivity index (χ4n) is 7.26. The Balaban J connectivity index is 1.50. The maximum atomic E-state index is 13.8. The molecule has 10 unspecified atom stereocenters. The first kappa shape index (κ1) is 38.6. The number of amides is 3. The van der Waals surface area contributed by atoms with Crippen LogP contribution in [0.5, 0.6) is 5.75 Å². The predicted molar refractivity (Wildman–Crippen MR) is 188 cm³/mol. The Kier molecular flexibility index (Phi) is 10.9. The van der Waals surface area contributed by atoms with Gasteiger partial charge in [0, 0.05) is 31.9 Å². The number of nitrogens with zero attached hydrogens (tertiary/aromatic N) is 1. The van der Waals surface area contributed by atoms with Gasteiger partial charge in [0.1, 0.15) is 40.7 Å². The van der Waals surface area contributed by atoms with Crippen LogP contribution >= 0.6 is 11.6 Å². The molecule has 10 atom stereocenters. The Hall–Kier alpha value is -3.65. The number of fused-ring (bicyclic) bond motifs is 5. The first-order valence-electron chi connectivity index (χ1n) is 17.3. The number of hydrogen-bond acceptors (Lipinski definition) is 10. The number of halogens is 1. The van der Waals surface area contributed by atoms with Crippen molar-refractivity contribution in [2.24, 2.45) is 17.3 Å². The summed E-state index contributed by atoms with van der Waals surface area (Å²) in [5.74, 6) is -1.33. The third-order valence-electron chi connectivity index (χ3n) is 11.2. The number of rotatable bonds is 6. The van der Waals surface area contributed by atoms with Gasteiger partial charge in [-0.15, -0.1) is 0 Å². The average Bonchev–Trinajstić information content (AvgIpc) is 3.94. The number of aliphatic hydroxyl groups is 1. The number of allylic oxidation sites excluding steroid dienone is 3. The van der Waals surface area contributed by atoms with Crippen molar-refractivity contribution in [3.63, 3.8) is 0 Å². The maximum Gasteiger partial charge on any atom is 0.409 e. The van der Waals surface area contributed by atoms with Crippen molar-refractivity contribution in [2.45, 2.75) is 109 Å². The Bertz CT molecular complexity index is 1630. The average molecular weight is 732 g/mol. The van der Waals surface area contributed by atoms with Crippen LogP contribution in [0.4, 0.5) is 10.5 Å². The van der Waals surface area contributed by atoms with Gasteiger partial charge in [-0.3, -0.25) is 14.9 Å². The molecule has 3 amide bonds. The molecule has 4 aliphatic rings. The molecule has 1 aromatic carbocycles. The number of ether oxygens (including phenoxy) is 5. The second kappa shape index (κ2) is 14.4. The summed E-state index contributed by atoms with van der Waals surface area (Å²) in [5.41, 5.74) is -1.52. The molecule has 14 heteroatoms. The van der Waals surface area contributed by atoms with Crippen LogP contribution in [0.15, 0.2) is 35.9 Å². The van der Waals surface area contributed by atoms with Gasteiger partial charge >= 0.3 is 12.1 Å². The smallest absolute Gasteiger partial charge is 0.409 e. The molecule has 4 bridgehead atoms. The number of alkyl carbamates (subject to hydrolysis) is 1. The fourth-order valence-corrected chi connectivity index (χ4v) is 7.49. The van der Waals surface area contributed by atoms with Crippen molar-refractivity contribution < 1.29 is 48.0 Å². The lowest BCUT2D eigenvalue weighted by Crippen LogP contribution is -2.63. The summed E-state index contributed by atoms with van der Waals surface area (Å²) in [5, 5.41) is 17.3. The molecular weight excluding hydrogens is 682 g/mol. The standard InChI is InChI=1S/C37H50ClN3O10/c1-19-11-10-12-27(48-9)37(46)18-26(49-34(45)40-37)21(3)31-36(6,51-31)28(50-32(43)22(4)41(7)33(44)35(5)17-20(35)2)16-29(42)39-24-14-23(13-19)15-25(47-8)30(24)38/h10-12,14-15,20-22,26-28,31,46H,13,16-18H2,1-9H3,(H,39,42)(H,40,45). The van der Waals surface area contributed by atoms with Crippen LogP contribution in [0, 0.1) is 17.3 Å². The molecule has 1 aromatic rings. The van der Waals surface area contributed by atoms with Gasteiger partial charge in [-0.2, -0.15) is 0 Å². The number of esters is 1. The fraction of sp³-hybridized carbons (Fsp3) is 0.622. The molecule has 0 aromatic heterocycles. The molecule has 3 aliphatic heterocycles. The summed E-state index contributed by atoms with van der Waals surface area (Å²) < 4.78 is 29.1. The molecular formula is C37H50ClN3O10. The van der Waals surface area contributed by atoms with E-state index in [1.54, 1.807) is 52.1 Å². The van der Waals surface area contributed by atoms with Crippen LogP contribution in [0.2, 0.25) is 5.02 Å². The maximum absolute atomic E-state index is 13.8. The molecule has 13 nitrogen and oxygen atoms in total. The number of hydrogen-bond donors (Lipinski definition) is 3. The monoisotopic (exact) mass is 731 g/mol. The van der Waals surface area contributed by atoms with Gasteiger partial charge < -0.3 is 39.0 Å². The van der Waals surface area contributed by atoms with E-state index >= 15 is 0 Å². The van der Waals surface area contributed by atoms with Crippen LogP contribution in [0.3, 0.4) is 0 Å². The third-order valence-corrected chi connectivity index (χ3v) is 11.6. The molecule has 3 N–H and O–H groups in total. The summed E-state index contributed by atoms with van der Waals surface area (Å²) >= 11 is 6.65. The zero-order chi connectivity index (χ0) is 37.6. The van der Waals surface area contributed by atoms with E-state index in [-0.39, 0.29) is 29.7 Å². The minimum absolute atomic E-state index is 0.0441. The summed E-state index contributed by atoms with van der Waals surface area (Å²) in [6.07, 6.45) is 1.70. The topological polar surface area (TPSA) is 165 Å². The highest BCUT2D eigenvalue weighted by molar-refractivity contribution is 6.35. The van der Waals surface area contributed by atoms with E-state index in [9.17, 15) is 24.3 Å². The zero-order valence-electron chi connectivity index (χ0n) is 30.7. The number of anilines is 1. The molecule has 51 heavy (non-hydrogen) atoms. The number of carbonyl (C=O) groups excluding carboxylic acids is 4. The predicted octanol–water partition coefficient (Wildman–Crippen LogP) is 4.54. The minimum Gasteiger partial charge on any atom is -0.495 e. The summed E-state index contributed by atoms with van der Waals surface area (Å²) in [6.45, 7) is 10.9. The van der Waals surface area contributed by atoms with Crippen molar-refractivity contribution in [2.75, 3.05) is 26.6 Å². The lowest BCUT2D eigenvalue weighted by Gasteiger charge is -2.42. The molecule has 5 rings (SSSR count). The molecule has 280 valence electrons. The SMILES string of the molecule is COc1cc2cc(c1Cl)NC(=O)CC(OC(=O)C(C)N(C)C(=O)C1(C)CC1C)C1(C)OC1C(C)C1CC(O)(NC(=O)O1)C(OC)C=CC=C(C)C2. The molecule has 0 spiro atoms. The van der Waals surface area contributed by atoms with Gasteiger partial charge in [0.2, 0.25) is 11.8 Å². The Morgan fingerprint density at radius 2 is 1.84 bits per heavy atom. The van der Waals surface area contributed by atoms with Crippen molar-refractivity contribution in [1.29, 1.82) is 0 Å². The van der Waals surface area contributed by atoms with E-state index in [0.29, 0.717) is 17.9 Å². The number of epoxide rings is 1. The summed E-state index contributed by atoms with van der Waals surface area (Å²) in [7, 11) is 4.48. The molecule has 1 saturated carbocycles. The van der Waals surface area contributed by atoms with Crippen LogP contribution in [-0.2, 0) is 39.8 Å². The van der Waals surface area contributed by atoms with E-state index in [4.69, 9.17) is 35.3 Å². The summed E-state index contributed by atoms with van der Waals surface area (Å²) in [4.78, 5) is 54.9. The lowest BCUT2D eigenvalue weighted by atomic mass is 9.83. The van der Waals surface area contributed by atoms with E-state index in [2.05, 4.69) is 10.6 Å².